The molecule has 0 aliphatic heterocycles. The summed E-state index contributed by atoms with van der Waals surface area (Å²) in [5.41, 5.74) is 2.69. The Hall–Kier alpha value is -2.21. The summed E-state index contributed by atoms with van der Waals surface area (Å²) >= 11 is 0. The summed E-state index contributed by atoms with van der Waals surface area (Å²) < 4.78 is 2.10. The molecule has 6 nitrogen and oxygen atoms in total. The van der Waals surface area contributed by atoms with E-state index in [9.17, 15) is 9.59 Å². The van der Waals surface area contributed by atoms with E-state index in [1.807, 2.05) is 18.2 Å². The van der Waals surface area contributed by atoms with Crippen molar-refractivity contribution in [2.24, 2.45) is 0 Å². The van der Waals surface area contributed by atoms with Gasteiger partial charge in [-0.1, -0.05) is 31.9 Å². The van der Waals surface area contributed by atoms with Gasteiger partial charge in [-0.25, -0.2) is 0 Å². The maximum Gasteiger partial charge on any atom is 0.317 e. The molecule has 1 aromatic heterocycles. The second-order valence-corrected chi connectivity index (χ2v) is 6.34. The van der Waals surface area contributed by atoms with Crippen LogP contribution in [0.4, 0.5) is 0 Å². The molecule has 0 amide bonds. The number of hydrogen-bond donors (Lipinski definition) is 2. The number of benzene rings is 1. The molecule has 1 heterocycles. The molecule has 0 saturated heterocycles. The molecule has 2 aromatic rings. The van der Waals surface area contributed by atoms with Crippen LogP contribution < -0.4 is 5.32 Å². The summed E-state index contributed by atoms with van der Waals surface area (Å²) in [6.07, 6.45) is 5.59. The Morgan fingerprint density at radius 1 is 1.29 bits per heavy atom. The van der Waals surface area contributed by atoms with Crippen LogP contribution in [0.5, 0.6) is 0 Å². The van der Waals surface area contributed by atoms with Crippen molar-refractivity contribution in [3.8, 4) is 0 Å². The molecular formula is C18H23N3O3. The normalized spacial score (nSPS) is 15.2. The van der Waals surface area contributed by atoms with Gasteiger partial charge in [0, 0.05) is 10.9 Å². The molecule has 0 unspecified atom stereocenters. The van der Waals surface area contributed by atoms with Gasteiger partial charge in [0.25, 0.3) is 0 Å². The smallest absolute Gasteiger partial charge is 0.317 e. The van der Waals surface area contributed by atoms with Crippen LogP contribution in [0.1, 0.15) is 54.7 Å². The van der Waals surface area contributed by atoms with Gasteiger partial charge >= 0.3 is 5.97 Å². The number of rotatable bonds is 7. The Morgan fingerprint density at radius 3 is 2.71 bits per heavy atom. The Kier molecular flexibility index (Phi) is 4.94. The van der Waals surface area contributed by atoms with E-state index in [2.05, 4.69) is 16.9 Å². The van der Waals surface area contributed by atoms with Crippen molar-refractivity contribution < 1.29 is 14.7 Å². The van der Waals surface area contributed by atoms with Gasteiger partial charge in [0.15, 0.2) is 5.78 Å². The third-order valence-electron chi connectivity index (χ3n) is 4.67. The highest BCUT2D eigenvalue weighted by Crippen LogP contribution is 2.33. The molecule has 128 valence electrons. The largest absolute Gasteiger partial charge is 0.480 e. The van der Waals surface area contributed by atoms with Crippen LogP contribution in [0.3, 0.4) is 0 Å². The van der Waals surface area contributed by atoms with Crippen LogP contribution in [0.25, 0.3) is 10.9 Å². The van der Waals surface area contributed by atoms with Gasteiger partial charge in [0.2, 0.25) is 0 Å². The topological polar surface area (TPSA) is 84.2 Å². The minimum atomic E-state index is -0.967. The van der Waals surface area contributed by atoms with Crippen molar-refractivity contribution in [2.75, 3.05) is 13.1 Å². The first kappa shape index (κ1) is 16.6. The summed E-state index contributed by atoms with van der Waals surface area (Å²) in [5, 5.41) is 17.2. The van der Waals surface area contributed by atoms with E-state index in [1.54, 1.807) is 0 Å². The number of aryl methyl sites for hydroxylation is 1. The third-order valence-corrected chi connectivity index (χ3v) is 4.67. The van der Waals surface area contributed by atoms with Crippen LogP contribution >= 0.6 is 0 Å². The minimum Gasteiger partial charge on any atom is -0.480 e. The summed E-state index contributed by atoms with van der Waals surface area (Å²) in [5.74, 6) is -1.07. The lowest BCUT2D eigenvalue weighted by Gasteiger charge is -2.11. The van der Waals surface area contributed by atoms with Crippen molar-refractivity contribution in [3.63, 3.8) is 0 Å². The van der Waals surface area contributed by atoms with Gasteiger partial charge in [0.05, 0.1) is 30.3 Å². The van der Waals surface area contributed by atoms with Crippen LogP contribution in [-0.4, -0.2) is 39.7 Å². The molecule has 0 radical (unpaired) electrons. The monoisotopic (exact) mass is 329 g/mol. The summed E-state index contributed by atoms with van der Waals surface area (Å²) in [7, 11) is 0. The van der Waals surface area contributed by atoms with Gasteiger partial charge in [-0.2, -0.15) is 5.10 Å². The zero-order valence-electron chi connectivity index (χ0n) is 13.9. The number of fused-ring (bicyclic) bond motifs is 1. The molecule has 2 N–H and O–H groups in total. The fourth-order valence-corrected chi connectivity index (χ4v) is 3.45. The first-order valence-corrected chi connectivity index (χ1v) is 8.57. The van der Waals surface area contributed by atoms with Crippen molar-refractivity contribution in [1.29, 1.82) is 0 Å². The quantitative estimate of drug-likeness (QED) is 0.763. The minimum absolute atomic E-state index is 0.0238. The van der Waals surface area contributed by atoms with E-state index in [1.165, 1.54) is 12.8 Å². The summed E-state index contributed by atoms with van der Waals surface area (Å²) in [4.78, 5) is 22.8. The lowest BCUT2D eigenvalue weighted by molar-refractivity contribution is -0.135. The highest BCUT2D eigenvalue weighted by molar-refractivity contribution is 6.01. The van der Waals surface area contributed by atoms with Crippen molar-refractivity contribution in [1.82, 2.24) is 15.1 Å². The zero-order valence-corrected chi connectivity index (χ0v) is 13.9. The Labute approximate surface area is 140 Å². The first-order valence-electron chi connectivity index (χ1n) is 8.57. The third kappa shape index (κ3) is 3.33. The predicted octanol–water partition coefficient (Wildman–Crippen LogP) is 2.57. The van der Waals surface area contributed by atoms with Gasteiger partial charge in [0.1, 0.15) is 0 Å². The molecule has 1 aliphatic carbocycles. The SMILES string of the molecule is CCc1nn(C2CCCC2)c2cc(C(=O)CNCC(=O)O)ccc12. The number of hydrogen-bond acceptors (Lipinski definition) is 4. The summed E-state index contributed by atoms with van der Waals surface area (Å²) in [6.45, 7) is 1.90. The number of carbonyl (C=O) groups excluding carboxylic acids is 1. The fraction of sp³-hybridized carbons (Fsp3) is 0.500. The van der Waals surface area contributed by atoms with E-state index in [4.69, 9.17) is 10.2 Å². The van der Waals surface area contributed by atoms with E-state index in [0.717, 1.165) is 35.9 Å². The molecule has 0 spiro atoms. The molecule has 0 bridgehead atoms. The first-order chi connectivity index (χ1) is 11.6. The molecule has 3 rings (SSSR count). The summed E-state index contributed by atoms with van der Waals surface area (Å²) in [6, 6.07) is 6.11. The zero-order chi connectivity index (χ0) is 17.1. The fourth-order valence-electron chi connectivity index (χ4n) is 3.45. The second kappa shape index (κ2) is 7.13. The van der Waals surface area contributed by atoms with Crippen molar-refractivity contribution >= 4 is 22.7 Å². The van der Waals surface area contributed by atoms with Crippen LogP contribution in [0.2, 0.25) is 0 Å². The van der Waals surface area contributed by atoms with Gasteiger partial charge < -0.3 is 5.11 Å². The standard InChI is InChI=1S/C18H23N3O3/c1-2-15-14-8-7-12(17(22)10-19-11-18(23)24)9-16(14)21(20-15)13-5-3-4-6-13/h7-9,13,19H,2-6,10-11H2,1H3,(H,23,24). The number of aromatic nitrogens is 2. The second-order valence-electron chi connectivity index (χ2n) is 6.34. The van der Waals surface area contributed by atoms with E-state index in [-0.39, 0.29) is 18.9 Å². The van der Waals surface area contributed by atoms with Gasteiger partial charge in [-0.15, -0.1) is 0 Å². The molecule has 1 aromatic carbocycles. The van der Waals surface area contributed by atoms with Gasteiger partial charge in [-0.3, -0.25) is 19.6 Å². The van der Waals surface area contributed by atoms with Crippen molar-refractivity contribution in [2.45, 2.75) is 45.1 Å². The van der Waals surface area contributed by atoms with Gasteiger partial charge in [-0.05, 0) is 25.3 Å². The molecular weight excluding hydrogens is 306 g/mol. The average molecular weight is 329 g/mol. The lowest BCUT2D eigenvalue weighted by Crippen LogP contribution is -2.28. The average Bonchev–Trinajstić information content (AvgIpc) is 3.20. The predicted molar refractivity (Wildman–Crippen MR) is 91.5 cm³/mol. The number of carbonyl (C=O) groups is 2. The van der Waals surface area contributed by atoms with E-state index in [0.29, 0.717) is 11.6 Å². The number of nitrogens with one attached hydrogen (secondary N) is 1. The highest BCUT2D eigenvalue weighted by Gasteiger charge is 2.22. The number of carboxylic acids is 1. The number of ketones is 1. The Bertz CT molecular complexity index is 760. The van der Waals surface area contributed by atoms with Crippen LogP contribution in [0.15, 0.2) is 18.2 Å². The number of aliphatic carboxylic acids is 1. The van der Waals surface area contributed by atoms with Crippen LogP contribution in [0, 0.1) is 0 Å². The molecule has 1 saturated carbocycles. The maximum atomic E-state index is 12.3. The maximum absolute atomic E-state index is 12.3. The highest BCUT2D eigenvalue weighted by atomic mass is 16.4. The molecule has 0 atom stereocenters. The van der Waals surface area contributed by atoms with E-state index < -0.39 is 5.97 Å². The number of carboxylic acid groups (broad SMARTS) is 1. The molecule has 1 fully saturated rings. The molecule has 6 heteroatoms. The Morgan fingerprint density at radius 2 is 2.04 bits per heavy atom. The molecule has 1 aliphatic rings. The van der Waals surface area contributed by atoms with E-state index >= 15 is 0 Å². The van der Waals surface area contributed by atoms with Crippen LogP contribution in [-0.2, 0) is 11.2 Å². The number of nitrogens with zero attached hydrogens (tertiary/aromatic N) is 2. The Balaban J connectivity index is 1.89. The lowest BCUT2D eigenvalue weighted by atomic mass is 10.1. The number of Topliss-reactive ketones (excluding diaryl/α,β-unsaturated/α-hetero) is 1. The molecule has 24 heavy (non-hydrogen) atoms. The van der Waals surface area contributed by atoms with Crippen molar-refractivity contribution in [3.05, 3.63) is 29.5 Å².